The van der Waals surface area contributed by atoms with Crippen molar-refractivity contribution in [2.75, 3.05) is 13.1 Å². The number of benzene rings is 2. The summed E-state index contributed by atoms with van der Waals surface area (Å²) in [5.74, 6) is 0.926. The van der Waals surface area contributed by atoms with E-state index in [9.17, 15) is 0 Å². The smallest absolute Gasteiger partial charge is 0.185 e. The number of hydrogen-bond donors (Lipinski definition) is 0. The first-order chi connectivity index (χ1) is 13.4. The van der Waals surface area contributed by atoms with Crippen LogP contribution in [0.3, 0.4) is 0 Å². The zero-order chi connectivity index (χ0) is 18.1. The number of rotatable bonds is 3. The van der Waals surface area contributed by atoms with Gasteiger partial charge in [0, 0.05) is 16.3 Å². The van der Waals surface area contributed by atoms with E-state index in [1.807, 2.05) is 10.6 Å². The third-order valence-corrected chi connectivity index (χ3v) is 5.44. The Morgan fingerprint density at radius 1 is 0.741 bits per heavy atom. The normalized spacial score (nSPS) is 16.0. The second kappa shape index (κ2) is 7.08. The lowest BCUT2D eigenvalue weighted by Gasteiger charge is -2.18. The molecule has 0 amide bonds. The fourth-order valence-corrected chi connectivity index (χ4v) is 4.03. The van der Waals surface area contributed by atoms with Gasteiger partial charge in [0.05, 0.1) is 12.2 Å². The van der Waals surface area contributed by atoms with Crippen molar-refractivity contribution >= 4 is 16.4 Å². The maximum Gasteiger partial charge on any atom is 0.185 e. The van der Waals surface area contributed by atoms with Crippen LogP contribution in [0.4, 0.5) is 0 Å². The Bertz CT molecular complexity index is 1060. The van der Waals surface area contributed by atoms with Gasteiger partial charge in [-0.2, -0.15) is 9.61 Å². The standard InChI is InChI=1S/C22H23N5/c1-2-9-15-26(14-8-1)16-20-23-24-22-19-13-7-6-12-18(19)21(25-27(20)22)17-10-4-3-5-11-17/h3-7,10-13H,1-2,8-9,14-16H2. The summed E-state index contributed by atoms with van der Waals surface area (Å²) in [6.07, 6.45) is 5.20. The lowest BCUT2D eigenvalue weighted by atomic mass is 10.1. The first kappa shape index (κ1) is 16.4. The van der Waals surface area contributed by atoms with Crippen LogP contribution in [0.5, 0.6) is 0 Å². The zero-order valence-electron chi connectivity index (χ0n) is 15.4. The third-order valence-electron chi connectivity index (χ3n) is 5.44. The highest BCUT2D eigenvalue weighted by Gasteiger charge is 2.17. The third kappa shape index (κ3) is 3.08. The minimum Gasteiger partial charge on any atom is -0.296 e. The Hall–Kier alpha value is -2.79. The molecule has 0 saturated carbocycles. The van der Waals surface area contributed by atoms with Gasteiger partial charge < -0.3 is 0 Å². The fourth-order valence-electron chi connectivity index (χ4n) is 4.03. The molecular weight excluding hydrogens is 334 g/mol. The molecule has 3 heterocycles. The molecule has 136 valence electrons. The molecular formula is C22H23N5. The average molecular weight is 357 g/mol. The summed E-state index contributed by atoms with van der Waals surface area (Å²) in [5, 5.41) is 16.2. The van der Waals surface area contributed by atoms with Crippen molar-refractivity contribution in [1.29, 1.82) is 0 Å². The Kier molecular flexibility index (Phi) is 4.30. The van der Waals surface area contributed by atoms with Crippen LogP contribution in [0, 0.1) is 0 Å². The molecule has 0 bridgehead atoms. The van der Waals surface area contributed by atoms with Gasteiger partial charge in [-0.05, 0) is 25.9 Å². The van der Waals surface area contributed by atoms with Gasteiger partial charge in [-0.15, -0.1) is 10.2 Å². The van der Waals surface area contributed by atoms with Crippen molar-refractivity contribution in [2.24, 2.45) is 0 Å². The SMILES string of the molecule is c1ccc(-c2nn3c(CN4CCCCCC4)nnc3c3ccccc23)cc1. The van der Waals surface area contributed by atoms with Gasteiger partial charge in [-0.3, -0.25) is 4.90 Å². The maximum absolute atomic E-state index is 4.99. The topological polar surface area (TPSA) is 46.3 Å². The van der Waals surface area contributed by atoms with E-state index in [-0.39, 0.29) is 0 Å². The summed E-state index contributed by atoms with van der Waals surface area (Å²) in [6.45, 7) is 3.07. The Balaban J connectivity index is 1.65. The van der Waals surface area contributed by atoms with E-state index in [4.69, 9.17) is 5.10 Å². The molecule has 0 N–H and O–H groups in total. The van der Waals surface area contributed by atoms with Crippen molar-refractivity contribution in [2.45, 2.75) is 32.2 Å². The lowest BCUT2D eigenvalue weighted by Crippen LogP contribution is -2.25. The van der Waals surface area contributed by atoms with Gasteiger partial charge in [0.1, 0.15) is 0 Å². The highest BCUT2D eigenvalue weighted by molar-refractivity contribution is 6.01. The molecule has 5 nitrogen and oxygen atoms in total. The molecule has 4 aromatic rings. The van der Waals surface area contributed by atoms with Gasteiger partial charge in [0.25, 0.3) is 0 Å². The summed E-state index contributed by atoms with van der Waals surface area (Å²) in [6, 6.07) is 18.7. The van der Waals surface area contributed by atoms with Crippen molar-refractivity contribution in [1.82, 2.24) is 24.7 Å². The van der Waals surface area contributed by atoms with Crippen LogP contribution < -0.4 is 0 Å². The van der Waals surface area contributed by atoms with E-state index in [0.717, 1.165) is 53.1 Å². The minimum absolute atomic E-state index is 0.806. The van der Waals surface area contributed by atoms with E-state index >= 15 is 0 Å². The predicted octanol–water partition coefficient (Wildman–Crippen LogP) is 4.32. The van der Waals surface area contributed by atoms with Crippen molar-refractivity contribution in [3.05, 3.63) is 60.4 Å². The second-order valence-corrected chi connectivity index (χ2v) is 7.30. The number of aromatic nitrogens is 4. The molecule has 1 aliphatic rings. The van der Waals surface area contributed by atoms with Crippen LogP contribution in [0.1, 0.15) is 31.5 Å². The summed E-state index contributed by atoms with van der Waals surface area (Å²) < 4.78 is 1.95. The lowest BCUT2D eigenvalue weighted by molar-refractivity contribution is 0.268. The molecule has 1 saturated heterocycles. The predicted molar refractivity (Wildman–Crippen MR) is 107 cm³/mol. The second-order valence-electron chi connectivity index (χ2n) is 7.30. The van der Waals surface area contributed by atoms with Crippen molar-refractivity contribution in [3.63, 3.8) is 0 Å². The number of hydrogen-bond acceptors (Lipinski definition) is 4. The summed E-state index contributed by atoms with van der Waals surface area (Å²) >= 11 is 0. The van der Waals surface area contributed by atoms with E-state index in [2.05, 4.69) is 63.6 Å². The summed E-state index contributed by atoms with van der Waals surface area (Å²) in [4.78, 5) is 2.49. The fraction of sp³-hybridized carbons (Fsp3) is 0.318. The molecule has 0 spiro atoms. The zero-order valence-corrected chi connectivity index (χ0v) is 15.4. The Morgan fingerprint density at radius 2 is 1.44 bits per heavy atom. The quantitative estimate of drug-likeness (QED) is 0.548. The largest absolute Gasteiger partial charge is 0.296 e. The van der Waals surface area contributed by atoms with Gasteiger partial charge in [0.2, 0.25) is 0 Å². The first-order valence-corrected chi connectivity index (χ1v) is 9.81. The number of likely N-dealkylation sites (tertiary alicyclic amines) is 1. The minimum atomic E-state index is 0.806. The highest BCUT2D eigenvalue weighted by atomic mass is 15.4. The van der Waals surface area contributed by atoms with Crippen LogP contribution in [0.25, 0.3) is 27.7 Å². The Labute approximate surface area is 158 Å². The van der Waals surface area contributed by atoms with Crippen LogP contribution in [0.2, 0.25) is 0 Å². The number of nitrogens with zero attached hydrogens (tertiary/aromatic N) is 5. The summed E-state index contributed by atoms with van der Waals surface area (Å²) in [5.41, 5.74) is 2.94. The molecule has 1 aliphatic heterocycles. The average Bonchev–Trinajstić information content (AvgIpc) is 2.94. The van der Waals surface area contributed by atoms with Crippen LogP contribution >= 0.6 is 0 Å². The molecule has 2 aromatic carbocycles. The van der Waals surface area contributed by atoms with Gasteiger partial charge in [-0.25, -0.2) is 0 Å². The molecule has 2 aromatic heterocycles. The molecule has 0 aliphatic carbocycles. The first-order valence-electron chi connectivity index (χ1n) is 9.81. The molecule has 5 rings (SSSR count). The molecule has 0 unspecified atom stereocenters. The summed E-state index contributed by atoms with van der Waals surface area (Å²) in [7, 11) is 0. The van der Waals surface area contributed by atoms with E-state index < -0.39 is 0 Å². The Morgan fingerprint density at radius 3 is 2.22 bits per heavy atom. The van der Waals surface area contributed by atoms with Crippen LogP contribution in [-0.2, 0) is 6.54 Å². The highest BCUT2D eigenvalue weighted by Crippen LogP contribution is 2.29. The van der Waals surface area contributed by atoms with Crippen LogP contribution in [-0.4, -0.2) is 37.8 Å². The van der Waals surface area contributed by atoms with E-state index in [1.54, 1.807) is 0 Å². The molecule has 5 heteroatoms. The molecule has 0 radical (unpaired) electrons. The van der Waals surface area contributed by atoms with E-state index in [0.29, 0.717) is 0 Å². The molecule has 27 heavy (non-hydrogen) atoms. The monoisotopic (exact) mass is 357 g/mol. The molecule has 0 atom stereocenters. The van der Waals surface area contributed by atoms with Crippen molar-refractivity contribution in [3.8, 4) is 11.3 Å². The van der Waals surface area contributed by atoms with Gasteiger partial charge in [-0.1, -0.05) is 67.4 Å². The van der Waals surface area contributed by atoms with Crippen molar-refractivity contribution < 1.29 is 0 Å². The van der Waals surface area contributed by atoms with Gasteiger partial charge in [0.15, 0.2) is 11.5 Å². The van der Waals surface area contributed by atoms with E-state index in [1.165, 1.54) is 25.7 Å². The molecule has 1 fully saturated rings. The van der Waals surface area contributed by atoms with Crippen LogP contribution in [0.15, 0.2) is 54.6 Å². The van der Waals surface area contributed by atoms with Gasteiger partial charge >= 0.3 is 0 Å². The number of fused-ring (bicyclic) bond motifs is 3. The maximum atomic E-state index is 4.99.